The van der Waals surface area contributed by atoms with Crippen LogP contribution in [0, 0.1) is 0 Å². The topological polar surface area (TPSA) is 81.8 Å². The second kappa shape index (κ2) is 12.9. The van der Waals surface area contributed by atoms with E-state index in [0.717, 1.165) is 24.0 Å². The van der Waals surface area contributed by atoms with Gasteiger partial charge < -0.3 is 25.2 Å². The van der Waals surface area contributed by atoms with Crippen LogP contribution in [0.2, 0.25) is 5.02 Å². The van der Waals surface area contributed by atoms with E-state index in [1.165, 1.54) is 0 Å². The van der Waals surface area contributed by atoms with Gasteiger partial charge in [-0.15, -0.1) is 0 Å². The van der Waals surface area contributed by atoms with Crippen LogP contribution in [0.1, 0.15) is 70.3 Å². The number of rotatable bonds is 13. The molecule has 0 saturated heterocycles. The smallest absolute Gasteiger partial charge is 0.255 e. The first-order chi connectivity index (χ1) is 15.4. The second-order valence-corrected chi connectivity index (χ2v) is 9.65. The first kappa shape index (κ1) is 28.9. The van der Waals surface area contributed by atoms with Crippen molar-refractivity contribution in [3.63, 3.8) is 0 Å². The van der Waals surface area contributed by atoms with Crippen molar-refractivity contribution in [1.82, 2.24) is 15.5 Å². The average molecular weight is 481 g/mol. The molecule has 0 spiro atoms. The molecule has 0 aliphatic rings. The lowest BCUT2D eigenvalue weighted by Gasteiger charge is -2.36. The van der Waals surface area contributed by atoms with Crippen molar-refractivity contribution in [2.45, 2.75) is 71.9 Å². The zero-order chi connectivity index (χ0) is 25.3. The van der Waals surface area contributed by atoms with E-state index in [2.05, 4.69) is 17.6 Å². The second-order valence-electron chi connectivity index (χ2n) is 9.24. The zero-order valence-electron chi connectivity index (χ0n) is 21.4. The Kier molecular flexibility index (Phi) is 11.3. The third kappa shape index (κ3) is 7.44. The van der Waals surface area contributed by atoms with E-state index in [1.807, 2.05) is 51.6 Å². The van der Waals surface area contributed by atoms with Crippen molar-refractivity contribution < 1.29 is 14.4 Å². The molecule has 0 bridgehead atoms. The maximum absolute atomic E-state index is 13.7. The largest absolute Gasteiger partial charge is 0.373 e. The van der Waals surface area contributed by atoms with Gasteiger partial charge in [-0.2, -0.15) is 0 Å². The summed E-state index contributed by atoms with van der Waals surface area (Å²) in [5, 5.41) is 6.36. The molecule has 0 aromatic heterocycles. The van der Waals surface area contributed by atoms with Crippen LogP contribution in [-0.2, 0) is 15.0 Å². The van der Waals surface area contributed by atoms with E-state index in [1.54, 1.807) is 19.1 Å². The molecule has 0 saturated carbocycles. The Morgan fingerprint density at radius 1 is 1.21 bits per heavy atom. The number of hydrogen-bond acceptors (Lipinski definition) is 5. The molecule has 1 atom stereocenters. The molecule has 186 valence electrons. The van der Waals surface area contributed by atoms with Gasteiger partial charge in [0.1, 0.15) is 6.29 Å². The van der Waals surface area contributed by atoms with Crippen LogP contribution in [0.25, 0.3) is 0 Å². The van der Waals surface area contributed by atoms with Crippen LogP contribution in [-0.4, -0.2) is 68.8 Å². The Bertz CT molecular complexity index is 826. The lowest BCUT2D eigenvalue weighted by atomic mass is 9.84. The predicted octanol–water partition coefficient (Wildman–Crippen LogP) is 3.63. The third-order valence-electron chi connectivity index (χ3n) is 5.90. The highest BCUT2D eigenvalue weighted by Crippen LogP contribution is 2.36. The van der Waals surface area contributed by atoms with Crippen LogP contribution in [0.5, 0.6) is 0 Å². The van der Waals surface area contributed by atoms with Gasteiger partial charge in [0.2, 0.25) is 5.91 Å². The molecular formula is C25H41ClN4O3. The predicted molar refractivity (Wildman–Crippen MR) is 136 cm³/mol. The molecule has 1 aromatic rings. The fourth-order valence-corrected chi connectivity index (χ4v) is 4.11. The van der Waals surface area contributed by atoms with E-state index in [-0.39, 0.29) is 23.9 Å². The van der Waals surface area contributed by atoms with Gasteiger partial charge in [-0.25, -0.2) is 0 Å². The standard InChI is InChI=1S/C25H41ClN4O3/c1-9-18(15-27-7)30(17(3)4)24(33)19-13-22(29(8)12-11-28-23(32)10-2)20(14-21(19)26)25(5,6)16-31/h13-14,16-18,27H,9-12,15H2,1-8H3,(H,28,32). The summed E-state index contributed by atoms with van der Waals surface area (Å²) >= 11 is 6.65. The number of halogens is 1. The number of benzene rings is 1. The van der Waals surface area contributed by atoms with Gasteiger partial charge in [0.05, 0.1) is 10.6 Å². The molecule has 1 unspecified atom stereocenters. The first-order valence-electron chi connectivity index (χ1n) is 11.7. The van der Waals surface area contributed by atoms with E-state index in [9.17, 15) is 14.4 Å². The molecule has 0 radical (unpaired) electrons. The molecule has 0 fully saturated rings. The van der Waals surface area contributed by atoms with Gasteiger partial charge in [-0.05, 0) is 58.9 Å². The van der Waals surface area contributed by atoms with Crippen LogP contribution in [0.4, 0.5) is 5.69 Å². The SMILES string of the molecule is CCC(=O)NCCN(C)c1cc(C(=O)N(C(C)C)C(CC)CNC)c(Cl)cc1C(C)(C)C=O. The molecule has 0 aliphatic heterocycles. The molecule has 8 heteroatoms. The van der Waals surface area contributed by atoms with Crippen LogP contribution in [0.3, 0.4) is 0 Å². The monoisotopic (exact) mass is 480 g/mol. The van der Waals surface area contributed by atoms with E-state index < -0.39 is 5.41 Å². The van der Waals surface area contributed by atoms with Gasteiger partial charge >= 0.3 is 0 Å². The number of hydrogen-bond donors (Lipinski definition) is 2. The summed E-state index contributed by atoms with van der Waals surface area (Å²) in [5.41, 5.74) is 1.10. The van der Waals surface area contributed by atoms with Crippen LogP contribution < -0.4 is 15.5 Å². The fourth-order valence-electron chi connectivity index (χ4n) is 3.87. The van der Waals surface area contributed by atoms with Crippen molar-refractivity contribution >= 4 is 35.4 Å². The average Bonchev–Trinajstić information content (AvgIpc) is 2.77. The molecule has 1 aromatic carbocycles. The number of anilines is 1. The Morgan fingerprint density at radius 3 is 2.33 bits per heavy atom. The summed E-state index contributed by atoms with van der Waals surface area (Å²) in [4.78, 5) is 41.0. The minimum absolute atomic E-state index is 0.0107. The van der Waals surface area contributed by atoms with Gasteiger partial charge in [-0.3, -0.25) is 9.59 Å². The molecule has 33 heavy (non-hydrogen) atoms. The summed E-state index contributed by atoms with van der Waals surface area (Å²) in [7, 11) is 3.76. The summed E-state index contributed by atoms with van der Waals surface area (Å²) in [6.45, 7) is 13.2. The molecule has 7 nitrogen and oxygen atoms in total. The van der Waals surface area contributed by atoms with Gasteiger partial charge in [0, 0.05) is 56.3 Å². The van der Waals surface area contributed by atoms with Crippen molar-refractivity contribution in [2.75, 3.05) is 38.6 Å². The highest BCUT2D eigenvalue weighted by molar-refractivity contribution is 6.34. The zero-order valence-corrected chi connectivity index (χ0v) is 22.2. The molecule has 1 rings (SSSR count). The maximum Gasteiger partial charge on any atom is 0.255 e. The van der Waals surface area contributed by atoms with Crippen molar-refractivity contribution in [3.8, 4) is 0 Å². The van der Waals surface area contributed by atoms with Crippen molar-refractivity contribution in [2.24, 2.45) is 0 Å². The molecular weight excluding hydrogens is 440 g/mol. The number of likely N-dealkylation sites (N-methyl/N-ethyl adjacent to an activating group) is 2. The number of carbonyl (C=O) groups is 3. The Balaban J connectivity index is 3.50. The van der Waals surface area contributed by atoms with Crippen LogP contribution >= 0.6 is 11.6 Å². The number of carbonyl (C=O) groups excluding carboxylic acids is 3. The van der Waals surface area contributed by atoms with Gasteiger partial charge in [-0.1, -0.05) is 25.4 Å². The number of aldehydes is 1. The van der Waals surface area contributed by atoms with Crippen LogP contribution in [0.15, 0.2) is 12.1 Å². The quantitative estimate of drug-likeness (QED) is 0.421. The highest BCUT2D eigenvalue weighted by atomic mass is 35.5. The Morgan fingerprint density at radius 2 is 1.85 bits per heavy atom. The molecule has 0 heterocycles. The number of nitrogens with one attached hydrogen (secondary N) is 2. The summed E-state index contributed by atoms with van der Waals surface area (Å²) in [5.74, 6) is -0.159. The van der Waals surface area contributed by atoms with Gasteiger partial charge in [0.25, 0.3) is 5.91 Å². The molecule has 2 N–H and O–H groups in total. The van der Waals surface area contributed by atoms with E-state index in [4.69, 9.17) is 11.6 Å². The first-order valence-corrected chi connectivity index (χ1v) is 12.1. The Labute approximate surface area is 204 Å². The minimum Gasteiger partial charge on any atom is -0.373 e. The fraction of sp³-hybridized carbons (Fsp3) is 0.640. The van der Waals surface area contributed by atoms with E-state index >= 15 is 0 Å². The number of nitrogens with zero attached hydrogens (tertiary/aromatic N) is 2. The van der Waals surface area contributed by atoms with Gasteiger partial charge in [0.15, 0.2) is 0 Å². The summed E-state index contributed by atoms with van der Waals surface area (Å²) in [6, 6.07) is 3.53. The molecule has 2 amide bonds. The van der Waals surface area contributed by atoms with E-state index in [0.29, 0.717) is 36.6 Å². The van der Waals surface area contributed by atoms with Crippen molar-refractivity contribution in [1.29, 1.82) is 0 Å². The minimum atomic E-state index is -0.794. The third-order valence-corrected chi connectivity index (χ3v) is 6.21. The summed E-state index contributed by atoms with van der Waals surface area (Å²) in [6.07, 6.45) is 2.11. The lowest BCUT2D eigenvalue weighted by molar-refractivity contribution is -0.120. The molecule has 0 aliphatic carbocycles. The van der Waals surface area contributed by atoms with Crippen molar-refractivity contribution in [3.05, 3.63) is 28.3 Å². The lowest BCUT2D eigenvalue weighted by Crippen LogP contribution is -2.48. The number of amides is 2. The maximum atomic E-state index is 13.7. The highest BCUT2D eigenvalue weighted by Gasteiger charge is 2.31. The normalized spacial score (nSPS) is 12.4. The summed E-state index contributed by atoms with van der Waals surface area (Å²) < 4.78 is 0. The Hall–Kier alpha value is -2.12.